The van der Waals surface area contributed by atoms with E-state index < -0.39 is 0 Å². The van der Waals surface area contributed by atoms with Crippen LogP contribution in [0.2, 0.25) is 0 Å². The number of nitrogens with one attached hydrogen (secondary N) is 1. The molecule has 0 spiro atoms. The van der Waals surface area contributed by atoms with Crippen LogP contribution in [0.15, 0.2) is 22.7 Å². The highest BCUT2D eigenvalue weighted by molar-refractivity contribution is 9.10. The Balaban J connectivity index is 2.67. The maximum absolute atomic E-state index is 5.26. The van der Waals surface area contributed by atoms with Gasteiger partial charge in [0.15, 0.2) is 0 Å². The van der Waals surface area contributed by atoms with E-state index in [2.05, 4.69) is 43.2 Å². The molecule has 0 amide bonds. The van der Waals surface area contributed by atoms with E-state index in [-0.39, 0.29) is 0 Å². The zero-order valence-electron chi connectivity index (χ0n) is 8.02. The van der Waals surface area contributed by atoms with Crippen LogP contribution in [-0.2, 0) is 6.54 Å². The molecule has 2 nitrogen and oxygen atoms in total. The third-order valence-electron chi connectivity index (χ3n) is 1.83. The summed E-state index contributed by atoms with van der Waals surface area (Å²) in [6, 6.07) is 6.02. The maximum atomic E-state index is 5.26. The second-order valence-electron chi connectivity index (χ2n) is 2.82. The van der Waals surface area contributed by atoms with Gasteiger partial charge >= 0.3 is 0 Å². The largest absolute Gasteiger partial charge is 0.496 e. The van der Waals surface area contributed by atoms with Gasteiger partial charge in [0.1, 0.15) is 5.75 Å². The lowest BCUT2D eigenvalue weighted by atomic mass is 10.2. The van der Waals surface area contributed by atoms with Crippen LogP contribution < -0.4 is 10.1 Å². The highest BCUT2D eigenvalue weighted by atomic mass is 79.9. The maximum Gasteiger partial charge on any atom is 0.123 e. The van der Waals surface area contributed by atoms with Crippen molar-refractivity contribution in [3.05, 3.63) is 28.2 Å². The molecule has 0 aliphatic carbocycles. The van der Waals surface area contributed by atoms with Crippen LogP contribution in [0.25, 0.3) is 0 Å². The Morgan fingerprint density at radius 2 is 2.21 bits per heavy atom. The summed E-state index contributed by atoms with van der Waals surface area (Å²) in [5, 5.41) is 4.27. The lowest BCUT2D eigenvalue weighted by molar-refractivity contribution is 0.408. The molecular weight excluding hydrogens is 310 g/mol. The number of alkyl halides is 1. The van der Waals surface area contributed by atoms with Gasteiger partial charge in [-0.05, 0) is 18.2 Å². The molecule has 0 fully saturated rings. The van der Waals surface area contributed by atoms with Crippen molar-refractivity contribution in [3.8, 4) is 5.75 Å². The zero-order valence-corrected chi connectivity index (χ0v) is 11.2. The van der Waals surface area contributed by atoms with Crippen molar-refractivity contribution in [2.24, 2.45) is 0 Å². The predicted octanol–water partition coefficient (Wildman–Crippen LogP) is 2.94. The van der Waals surface area contributed by atoms with Gasteiger partial charge in [-0.2, -0.15) is 0 Å². The molecule has 0 atom stereocenters. The SMILES string of the molecule is COc1ccc(Br)cc1CNCCBr. The van der Waals surface area contributed by atoms with Crippen LogP contribution in [0.1, 0.15) is 5.56 Å². The second-order valence-corrected chi connectivity index (χ2v) is 4.53. The summed E-state index contributed by atoms with van der Waals surface area (Å²) in [6.45, 7) is 1.78. The lowest BCUT2D eigenvalue weighted by Gasteiger charge is -2.09. The Hall–Kier alpha value is -0.0600. The van der Waals surface area contributed by atoms with E-state index in [0.29, 0.717) is 0 Å². The highest BCUT2D eigenvalue weighted by Crippen LogP contribution is 2.22. The highest BCUT2D eigenvalue weighted by Gasteiger charge is 2.02. The average Bonchev–Trinajstić information content (AvgIpc) is 2.19. The molecule has 4 heteroatoms. The molecule has 1 aromatic carbocycles. The minimum atomic E-state index is 0.828. The van der Waals surface area contributed by atoms with Crippen molar-refractivity contribution in [2.75, 3.05) is 19.0 Å². The Bertz CT molecular complexity index is 291. The fourth-order valence-electron chi connectivity index (χ4n) is 1.18. The quantitative estimate of drug-likeness (QED) is 0.665. The Morgan fingerprint density at radius 3 is 2.86 bits per heavy atom. The summed E-state index contributed by atoms with van der Waals surface area (Å²) < 4.78 is 6.34. The normalized spacial score (nSPS) is 10.2. The standard InChI is InChI=1S/C10H13Br2NO/c1-14-10-3-2-9(12)6-8(10)7-13-5-4-11/h2-3,6,13H,4-5,7H2,1H3. The van der Waals surface area contributed by atoms with E-state index in [4.69, 9.17) is 4.74 Å². The molecule has 0 aliphatic heterocycles. The van der Waals surface area contributed by atoms with Crippen molar-refractivity contribution >= 4 is 31.9 Å². The van der Waals surface area contributed by atoms with Gasteiger partial charge in [0.2, 0.25) is 0 Å². The zero-order chi connectivity index (χ0) is 10.4. The molecule has 0 bridgehead atoms. The minimum Gasteiger partial charge on any atom is -0.496 e. The first-order valence-corrected chi connectivity index (χ1v) is 6.28. The van der Waals surface area contributed by atoms with Gasteiger partial charge in [-0.15, -0.1) is 0 Å². The van der Waals surface area contributed by atoms with Crippen LogP contribution >= 0.6 is 31.9 Å². The Kier molecular flexibility index (Phi) is 5.52. The topological polar surface area (TPSA) is 21.3 Å². The Labute approximate surface area is 101 Å². The van der Waals surface area contributed by atoms with Gasteiger partial charge in [0, 0.05) is 28.5 Å². The number of benzene rings is 1. The molecule has 0 heterocycles. The summed E-state index contributed by atoms with van der Waals surface area (Å²) in [4.78, 5) is 0. The van der Waals surface area contributed by atoms with Gasteiger partial charge in [-0.25, -0.2) is 0 Å². The average molecular weight is 323 g/mol. The Morgan fingerprint density at radius 1 is 1.43 bits per heavy atom. The number of halogens is 2. The number of hydrogen-bond acceptors (Lipinski definition) is 2. The van der Waals surface area contributed by atoms with Crippen LogP contribution in [-0.4, -0.2) is 19.0 Å². The van der Waals surface area contributed by atoms with Crippen LogP contribution in [0.4, 0.5) is 0 Å². The van der Waals surface area contributed by atoms with Crippen molar-refractivity contribution in [3.63, 3.8) is 0 Å². The third-order valence-corrected chi connectivity index (χ3v) is 2.72. The molecule has 1 aromatic rings. The summed E-state index contributed by atoms with van der Waals surface area (Å²) in [7, 11) is 1.69. The molecule has 1 N–H and O–H groups in total. The van der Waals surface area contributed by atoms with E-state index in [9.17, 15) is 0 Å². The third kappa shape index (κ3) is 3.59. The molecule has 78 valence electrons. The summed E-state index contributed by atoms with van der Waals surface area (Å²) >= 11 is 6.81. The number of ether oxygens (including phenoxy) is 1. The molecule has 0 saturated heterocycles. The second kappa shape index (κ2) is 6.43. The summed E-state index contributed by atoms with van der Waals surface area (Å²) in [5.74, 6) is 0.926. The van der Waals surface area contributed by atoms with Crippen LogP contribution in [0.5, 0.6) is 5.75 Å². The van der Waals surface area contributed by atoms with E-state index in [1.54, 1.807) is 7.11 Å². The van der Waals surface area contributed by atoms with E-state index >= 15 is 0 Å². The van der Waals surface area contributed by atoms with Crippen molar-refractivity contribution < 1.29 is 4.74 Å². The van der Waals surface area contributed by atoms with E-state index in [1.165, 1.54) is 5.56 Å². The van der Waals surface area contributed by atoms with Crippen molar-refractivity contribution in [2.45, 2.75) is 6.54 Å². The molecule has 1 rings (SSSR count). The monoisotopic (exact) mass is 321 g/mol. The summed E-state index contributed by atoms with van der Waals surface area (Å²) in [5.41, 5.74) is 1.17. The van der Waals surface area contributed by atoms with Gasteiger partial charge in [-0.1, -0.05) is 31.9 Å². The smallest absolute Gasteiger partial charge is 0.123 e. The van der Waals surface area contributed by atoms with Gasteiger partial charge in [0.25, 0.3) is 0 Å². The molecule has 0 saturated carbocycles. The van der Waals surface area contributed by atoms with Crippen molar-refractivity contribution in [1.29, 1.82) is 0 Å². The first-order chi connectivity index (χ1) is 6.77. The number of rotatable bonds is 5. The lowest BCUT2D eigenvalue weighted by Crippen LogP contribution is -2.16. The van der Waals surface area contributed by atoms with Crippen LogP contribution in [0.3, 0.4) is 0 Å². The fraction of sp³-hybridized carbons (Fsp3) is 0.400. The van der Waals surface area contributed by atoms with Gasteiger partial charge in [0.05, 0.1) is 7.11 Å². The number of hydrogen-bond donors (Lipinski definition) is 1. The van der Waals surface area contributed by atoms with E-state index in [1.807, 2.05) is 12.1 Å². The molecule has 0 aromatic heterocycles. The molecule has 0 radical (unpaired) electrons. The fourth-order valence-corrected chi connectivity index (χ4v) is 1.86. The predicted molar refractivity (Wildman–Crippen MR) is 66.2 cm³/mol. The number of methoxy groups -OCH3 is 1. The summed E-state index contributed by atoms with van der Waals surface area (Å²) in [6.07, 6.45) is 0. The van der Waals surface area contributed by atoms with Crippen LogP contribution in [0, 0.1) is 0 Å². The first-order valence-electron chi connectivity index (χ1n) is 4.37. The van der Waals surface area contributed by atoms with Crippen molar-refractivity contribution in [1.82, 2.24) is 5.32 Å². The molecule has 0 aliphatic rings. The molecular formula is C10H13Br2NO. The van der Waals surface area contributed by atoms with Gasteiger partial charge < -0.3 is 10.1 Å². The molecule has 14 heavy (non-hydrogen) atoms. The van der Waals surface area contributed by atoms with Gasteiger partial charge in [-0.3, -0.25) is 0 Å². The molecule has 0 unspecified atom stereocenters. The minimum absolute atomic E-state index is 0.828. The first kappa shape index (κ1) is 12.0. The van der Waals surface area contributed by atoms with E-state index in [0.717, 1.165) is 28.6 Å².